The normalized spacial score (nSPS) is 13.4. The van der Waals surface area contributed by atoms with Crippen molar-refractivity contribution < 1.29 is 0 Å². The summed E-state index contributed by atoms with van der Waals surface area (Å²) in [6.07, 6.45) is 6.87. The van der Waals surface area contributed by atoms with Gasteiger partial charge in [0, 0.05) is 0 Å². The molecule has 0 bridgehead atoms. The molecule has 2 heteroatoms. The lowest BCUT2D eigenvalue weighted by atomic mass is 10.0. The van der Waals surface area contributed by atoms with Gasteiger partial charge in [-0.25, -0.2) is 0 Å². The highest BCUT2D eigenvalue weighted by molar-refractivity contribution is 4.57. The summed E-state index contributed by atoms with van der Waals surface area (Å²) < 4.78 is 0. The molecule has 3 N–H and O–H groups in total. The van der Waals surface area contributed by atoms with E-state index in [0.29, 0.717) is 5.92 Å². The summed E-state index contributed by atoms with van der Waals surface area (Å²) in [7, 11) is 0. The van der Waals surface area contributed by atoms with Gasteiger partial charge in [-0.15, -0.1) is 0 Å². The monoisotopic (exact) mass is 214 g/mol. The molecule has 0 aromatic rings. The fourth-order valence-electron chi connectivity index (χ4n) is 1.59. The van der Waals surface area contributed by atoms with Gasteiger partial charge in [-0.1, -0.05) is 46.5 Å². The van der Waals surface area contributed by atoms with E-state index in [-0.39, 0.29) is 0 Å². The van der Waals surface area contributed by atoms with Crippen LogP contribution >= 0.6 is 0 Å². The summed E-state index contributed by atoms with van der Waals surface area (Å²) in [6, 6.07) is 0. The number of nitrogens with two attached hydrogens (primary N) is 1. The van der Waals surface area contributed by atoms with Crippen LogP contribution in [0.25, 0.3) is 0 Å². The number of rotatable bonds is 10. The largest absolute Gasteiger partial charge is 0.330 e. The molecule has 0 fully saturated rings. The van der Waals surface area contributed by atoms with Crippen LogP contribution in [0.1, 0.15) is 52.9 Å². The predicted octanol–water partition coefficient (Wildman–Crippen LogP) is 2.78. The van der Waals surface area contributed by atoms with Crippen molar-refractivity contribution >= 4 is 0 Å². The van der Waals surface area contributed by atoms with Gasteiger partial charge in [-0.05, 0) is 37.9 Å². The van der Waals surface area contributed by atoms with E-state index in [2.05, 4.69) is 26.1 Å². The lowest BCUT2D eigenvalue weighted by molar-refractivity contribution is 0.489. The third kappa shape index (κ3) is 11.8. The molecule has 1 atom stereocenters. The van der Waals surface area contributed by atoms with E-state index in [9.17, 15) is 0 Å². The topological polar surface area (TPSA) is 38.0 Å². The first kappa shape index (κ1) is 14.9. The third-order valence-electron chi connectivity index (χ3n) is 2.78. The highest BCUT2D eigenvalue weighted by Gasteiger charge is 1.97. The lowest BCUT2D eigenvalue weighted by Gasteiger charge is -2.09. The van der Waals surface area contributed by atoms with Gasteiger partial charge in [0.2, 0.25) is 0 Å². The van der Waals surface area contributed by atoms with Gasteiger partial charge in [0.25, 0.3) is 0 Å². The molecule has 0 heterocycles. The second-order valence-corrected chi connectivity index (χ2v) is 5.14. The first-order chi connectivity index (χ1) is 7.16. The fourth-order valence-corrected chi connectivity index (χ4v) is 1.59. The van der Waals surface area contributed by atoms with Crippen LogP contribution in [0.3, 0.4) is 0 Å². The van der Waals surface area contributed by atoms with Crippen LogP contribution in [0.15, 0.2) is 0 Å². The Kier molecular flexibility index (Phi) is 10.4. The minimum atomic E-state index is 0.617. The third-order valence-corrected chi connectivity index (χ3v) is 2.78. The van der Waals surface area contributed by atoms with Crippen molar-refractivity contribution in [3.63, 3.8) is 0 Å². The van der Waals surface area contributed by atoms with Crippen molar-refractivity contribution in [2.24, 2.45) is 17.6 Å². The Bertz CT molecular complexity index is 124. The Morgan fingerprint density at radius 1 is 1.00 bits per heavy atom. The van der Waals surface area contributed by atoms with Crippen LogP contribution in [0.4, 0.5) is 0 Å². The summed E-state index contributed by atoms with van der Waals surface area (Å²) in [5.41, 5.74) is 5.54. The average Bonchev–Trinajstić information content (AvgIpc) is 2.21. The zero-order valence-electron chi connectivity index (χ0n) is 10.9. The molecule has 0 saturated heterocycles. The van der Waals surface area contributed by atoms with Crippen LogP contribution in [-0.4, -0.2) is 19.6 Å². The molecular formula is C13H30N2. The second-order valence-electron chi connectivity index (χ2n) is 5.14. The van der Waals surface area contributed by atoms with Crippen LogP contribution in [0.5, 0.6) is 0 Å². The van der Waals surface area contributed by atoms with Gasteiger partial charge >= 0.3 is 0 Å². The van der Waals surface area contributed by atoms with Crippen molar-refractivity contribution in [3.05, 3.63) is 0 Å². The SMILES string of the molecule is CC(C)CCCCCCNCC(C)CN. The van der Waals surface area contributed by atoms with Crippen molar-refractivity contribution in [2.75, 3.05) is 19.6 Å². The molecule has 0 aliphatic carbocycles. The smallest absolute Gasteiger partial charge is 0.00111 e. The lowest BCUT2D eigenvalue weighted by Crippen LogP contribution is -2.26. The standard InChI is InChI=1S/C13H30N2/c1-12(2)8-6-4-5-7-9-15-11-13(3)10-14/h12-13,15H,4-11,14H2,1-3H3. The minimum Gasteiger partial charge on any atom is -0.330 e. The van der Waals surface area contributed by atoms with Gasteiger partial charge in [0.05, 0.1) is 0 Å². The Labute approximate surface area is 96.0 Å². The zero-order valence-corrected chi connectivity index (χ0v) is 10.9. The minimum absolute atomic E-state index is 0.617. The maximum atomic E-state index is 5.54. The number of nitrogens with one attached hydrogen (secondary N) is 1. The summed E-state index contributed by atoms with van der Waals surface area (Å²) in [5.74, 6) is 1.49. The molecule has 0 radical (unpaired) electrons. The zero-order chi connectivity index (χ0) is 11.5. The van der Waals surface area contributed by atoms with E-state index in [1.165, 1.54) is 32.1 Å². The Hall–Kier alpha value is -0.0800. The van der Waals surface area contributed by atoms with Crippen molar-refractivity contribution in [2.45, 2.75) is 52.9 Å². The predicted molar refractivity (Wildman–Crippen MR) is 69.0 cm³/mol. The molecule has 0 rings (SSSR count). The summed E-state index contributed by atoms with van der Waals surface area (Å²) >= 11 is 0. The van der Waals surface area contributed by atoms with Gasteiger partial charge in [0.15, 0.2) is 0 Å². The van der Waals surface area contributed by atoms with E-state index >= 15 is 0 Å². The van der Waals surface area contributed by atoms with E-state index in [4.69, 9.17) is 5.73 Å². The molecule has 2 nitrogen and oxygen atoms in total. The summed E-state index contributed by atoms with van der Waals surface area (Å²) in [5, 5.41) is 3.46. The summed E-state index contributed by atoms with van der Waals surface area (Å²) in [6.45, 7) is 9.82. The molecule has 1 unspecified atom stereocenters. The molecule has 0 aromatic carbocycles. The van der Waals surface area contributed by atoms with Gasteiger partial charge < -0.3 is 11.1 Å². The molecular weight excluding hydrogens is 184 g/mol. The van der Waals surface area contributed by atoms with E-state index in [0.717, 1.165) is 25.6 Å². The molecule has 0 spiro atoms. The molecule has 0 aliphatic rings. The van der Waals surface area contributed by atoms with Gasteiger partial charge in [0.1, 0.15) is 0 Å². The number of unbranched alkanes of at least 4 members (excludes halogenated alkanes) is 3. The van der Waals surface area contributed by atoms with Crippen LogP contribution < -0.4 is 11.1 Å². The Morgan fingerprint density at radius 2 is 1.67 bits per heavy atom. The Morgan fingerprint density at radius 3 is 2.27 bits per heavy atom. The Balaban J connectivity index is 2.99. The summed E-state index contributed by atoms with van der Waals surface area (Å²) in [4.78, 5) is 0. The molecule has 0 aromatic heterocycles. The van der Waals surface area contributed by atoms with Crippen LogP contribution in [0.2, 0.25) is 0 Å². The molecule has 0 aliphatic heterocycles. The highest BCUT2D eigenvalue weighted by Crippen LogP contribution is 2.08. The highest BCUT2D eigenvalue weighted by atomic mass is 14.9. The molecule has 15 heavy (non-hydrogen) atoms. The first-order valence-corrected chi connectivity index (χ1v) is 6.57. The quantitative estimate of drug-likeness (QED) is 0.549. The molecule has 0 saturated carbocycles. The van der Waals surface area contributed by atoms with Crippen molar-refractivity contribution in [1.29, 1.82) is 0 Å². The molecule has 0 amide bonds. The van der Waals surface area contributed by atoms with Gasteiger partial charge in [-0.3, -0.25) is 0 Å². The maximum absolute atomic E-state index is 5.54. The van der Waals surface area contributed by atoms with E-state index in [1.807, 2.05) is 0 Å². The van der Waals surface area contributed by atoms with Crippen molar-refractivity contribution in [3.8, 4) is 0 Å². The maximum Gasteiger partial charge on any atom is -0.00111 e. The fraction of sp³-hybridized carbons (Fsp3) is 1.00. The molecule has 92 valence electrons. The number of hydrogen-bond donors (Lipinski definition) is 2. The van der Waals surface area contributed by atoms with E-state index < -0.39 is 0 Å². The van der Waals surface area contributed by atoms with Crippen LogP contribution in [0, 0.1) is 11.8 Å². The number of hydrogen-bond acceptors (Lipinski definition) is 2. The second kappa shape index (κ2) is 10.4. The first-order valence-electron chi connectivity index (χ1n) is 6.57. The average molecular weight is 214 g/mol. The van der Waals surface area contributed by atoms with Gasteiger partial charge in [-0.2, -0.15) is 0 Å². The van der Waals surface area contributed by atoms with E-state index in [1.54, 1.807) is 0 Å². The van der Waals surface area contributed by atoms with Crippen molar-refractivity contribution in [1.82, 2.24) is 5.32 Å². The van der Waals surface area contributed by atoms with Crippen LogP contribution in [-0.2, 0) is 0 Å².